The van der Waals surface area contributed by atoms with Crippen LogP contribution in [0.2, 0.25) is 5.02 Å². The molecule has 1 aliphatic heterocycles. The largest absolute Gasteiger partial charge is 0.344 e. The number of thioether (sulfide) groups is 1. The number of benzene rings is 2. The lowest BCUT2D eigenvalue weighted by molar-refractivity contribution is -0.137. The van der Waals surface area contributed by atoms with Crippen molar-refractivity contribution in [2.45, 2.75) is 31.0 Å². The van der Waals surface area contributed by atoms with E-state index in [9.17, 15) is 19.2 Å². The van der Waals surface area contributed by atoms with Crippen LogP contribution in [-0.4, -0.2) is 43.7 Å². The molecular formula is C22H20ClN5O4S. The fraction of sp³-hybridized carbons (Fsp3) is 0.227. The molecule has 9 nitrogen and oxygen atoms in total. The van der Waals surface area contributed by atoms with E-state index in [1.807, 2.05) is 0 Å². The van der Waals surface area contributed by atoms with Crippen LogP contribution in [0.25, 0.3) is 16.6 Å². The average Bonchev–Trinajstić information content (AvgIpc) is 3.01. The second-order valence-electron chi connectivity index (χ2n) is 7.61. The number of hydrazine groups is 1. The van der Waals surface area contributed by atoms with Gasteiger partial charge in [-0.25, -0.2) is 9.78 Å². The second-order valence-corrected chi connectivity index (χ2v) is 8.99. The third-order valence-corrected chi connectivity index (χ3v) is 6.52. The molecule has 2 aromatic carbocycles. The van der Waals surface area contributed by atoms with Crippen LogP contribution < -0.4 is 16.3 Å². The number of aromatic nitrogens is 2. The number of imide groups is 1. The van der Waals surface area contributed by atoms with Crippen molar-refractivity contribution in [3.05, 3.63) is 63.9 Å². The van der Waals surface area contributed by atoms with Gasteiger partial charge in [-0.1, -0.05) is 48.5 Å². The minimum atomic E-state index is -1.07. The molecule has 11 heteroatoms. The van der Waals surface area contributed by atoms with Crippen LogP contribution in [0, 0.1) is 0 Å². The molecule has 2 heterocycles. The Kier molecular flexibility index (Phi) is 6.13. The van der Waals surface area contributed by atoms with Crippen molar-refractivity contribution in [3.63, 3.8) is 0 Å². The fourth-order valence-electron chi connectivity index (χ4n) is 3.36. The van der Waals surface area contributed by atoms with Crippen LogP contribution in [0.1, 0.15) is 20.3 Å². The highest BCUT2D eigenvalue weighted by Crippen LogP contribution is 2.23. The van der Waals surface area contributed by atoms with Gasteiger partial charge in [0.05, 0.1) is 22.3 Å². The van der Waals surface area contributed by atoms with Crippen molar-refractivity contribution < 1.29 is 14.4 Å². The lowest BCUT2D eigenvalue weighted by Crippen LogP contribution is -2.49. The standard InChI is InChI=1S/C22H20ClN5O4S/c1-3-22(2)19(31)28(20(32)25-22)26-17(29)12-33-21-24-16-10-5-4-9-15(16)18(30)27(21)14-8-6-7-13(23)11-14/h4-11H,3,12H2,1-2H3,(H,25,32)(H,26,29)/t22-/m1/s1. The number of halogens is 1. The number of carbonyl (C=O) groups excluding carboxylic acids is 3. The molecule has 0 radical (unpaired) electrons. The Balaban J connectivity index is 1.62. The summed E-state index contributed by atoms with van der Waals surface area (Å²) in [6.07, 6.45) is 0.381. The Morgan fingerprint density at radius 2 is 1.94 bits per heavy atom. The maximum absolute atomic E-state index is 13.2. The number of hydrogen-bond acceptors (Lipinski definition) is 6. The highest BCUT2D eigenvalue weighted by atomic mass is 35.5. The van der Waals surface area contributed by atoms with Gasteiger partial charge in [0.2, 0.25) is 5.91 Å². The van der Waals surface area contributed by atoms with E-state index in [1.165, 1.54) is 4.57 Å². The van der Waals surface area contributed by atoms with E-state index < -0.39 is 23.4 Å². The SMILES string of the molecule is CC[C@@]1(C)NC(=O)N(NC(=O)CSc2nc3ccccc3c(=O)n2-c2cccc(Cl)c2)C1=O. The molecule has 0 aliphatic carbocycles. The van der Waals surface area contributed by atoms with Gasteiger partial charge >= 0.3 is 6.03 Å². The van der Waals surface area contributed by atoms with Gasteiger partial charge < -0.3 is 5.32 Å². The van der Waals surface area contributed by atoms with E-state index in [0.29, 0.717) is 33.0 Å². The van der Waals surface area contributed by atoms with Crippen LogP contribution in [0.4, 0.5) is 4.79 Å². The molecule has 3 aromatic rings. The molecule has 170 valence electrons. The maximum Gasteiger partial charge on any atom is 0.344 e. The number of para-hydroxylation sites is 1. The highest BCUT2D eigenvalue weighted by Gasteiger charge is 2.47. The molecule has 1 aliphatic rings. The Morgan fingerprint density at radius 3 is 2.64 bits per heavy atom. The first-order valence-electron chi connectivity index (χ1n) is 10.1. The van der Waals surface area contributed by atoms with Crippen LogP contribution in [0.5, 0.6) is 0 Å². The Morgan fingerprint density at radius 1 is 1.18 bits per heavy atom. The van der Waals surface area contributed by atoms with Gasteiger partial charge in [-0.2, -0.15) is 5.01 Å². The lowest BCUT2D eigenvalue weighted by Gasteiger charge is -2.19. The molecule has 33 heavy (non-hydrogen) atoms. The van der Waals surface area contributed by atoms with Gasteiger partial charge in [0.1, 0.15) is 5.54 Å². The number of amides is 4. The van der Waals surface area contributed by atoms with Gasteiger partial charge in [-0.05, 0) is 43.7 Å². The van der Waals surface area contributed by atoms with E-state index in [4.69, 9.17) is 11.6 Å². The average molecular weight is 486 g/mol. The number of fused-ring (bicyclic) bond motifs is 1. The summed E-state index contributed by atoms with van der Waals surface area (Å²) in [5.41, 5.74) is 1.95. The zero-order valence-electron chi connectivity index (χ0n) is 17.8. The van der Waals surface area contributed by atoms with Crippen molar-refractivity contribution in [1.29, 1.82) is 0 Å². The summed E-state index contributed by atoms with van der Waals surface area (Å²) in [5, 5.41) is 4.39. The molecule has 1 aromatic heterocycles. The van der Waals surface area contributed by atoms with Gasteiger partial charge in [0, 0.05) is 5.02 Å². The number of hydrogen-bond donors (Lipinski definition) is 2. The quantitative estimate of drug-likeness (QED) is 0.315. The Bertz CT molecular complexity index is 1340. The van der Waals surface area contributed by atoms with E-state index in [1.54, 1.807) is 62.4 Å². The van der Waals surface area contributed by atoms with E-state index >= 15 is 0 Å². The smallest absolute Gasteiger partial charge is 0.322 e. The predicted octanol–water partition coefficient (Wildman–Crippen LogP) is 2.88. The first-order chi connectivity index (χ1) is 15.7. The van der Waals surface area contributed by atoms with Crippen molar-refractivity contribution in [1.82, 2.24) is 25.3 Å². The zero-order valence-corrected chi connectivity index (χ0v) is 19.4. The molecular weight excluding hydrogens is 466 g/mol. The lowest BCUT2D eigenvalue weighted by atomic mass is 10.00. The molecule has 4 amide bonds. The Hall–Kier alpha value is -3.37. The third kappa shape index (κ3) is 4.31. The number of carbonyl (C=O) groups is 3. The molecule has 0 saturated carbocycles. The van der Waals surface area contributed by atoms with E-state index in [2.05, 4.69) is 15.7 Å². The van der Waals surface area contributed by atoms with Gasteiger partial charge in [-0.15, -0.1) is 0 Å². The predicted molar refractivity (Wildman–Crippen MR) is 125 cm³/mol. The van der Waals surface area contributed by atoms with Crippen molar-refractivity contribution in [3.8, 4) is 5.69 Å². The molecule has 1 saturated heterocycles. The zero-order chi connectivity index (χ0) is 23.8. The number of rotatable bonds is 6. The minimum absolute atomic E-state index is 0.189. The minimum Gasteiger partial charge on any atom is -0.322 e. The molecule has 1 atom stereocenters. The van der Waals surface area contributed by atoms with Crippen LogP contribution in [0.15, 0.2) is 58.5 Å². The summed E-state index contributed by atoms with van der Waals surface area (Å²) >= 11 is 7.12. The molecule has 1 fully saturated rings. The maximum atomic E-state index is 13.2. The molecule has 0 bridgehead atoms. The third-order valence-electron chi connectivity index (χ3n) is 5.35. The summed E-state index contributed by atoms with van der Waals surface area (Å²) in [5.74, 6) is -1.32. The van der Waals surface area contributed by atoms with Crippen molar-refractivity contribution in [2.75, 3.05) is 5.75 Å². The van der Waals surface area contributed by atoms with Gasteiger partial charge in [-0.3, -0.25) is 24.4 Å². The summed E-state index contributed by atoms with van der Waals surface area (Å²) in [6, 6.07) is 12.9. The monoisotopic (exact) mass is 485 g/mol. The summed E-state index contributed by atoms with van der Waals surface area (Å²) < 4.78 is 1.38. The molecule has 0 spiro atoms. The van der Waals surface area contributed by atoms with Crippen molar-refractivity contribution in [2.24, 2.45) is 0 Å². The first-order valence-corrected chi connectivity index (χ1v) is 11.5. The van der Waals surface area contributed by atoms with E-state index in [-0.39, 0.29) is 16.5 Å². The highest BCUT2D eigenvalue weighted by molar-refractivity contribution is 7.99. The summed E-state index contributed by atoms with van der Waals surface area (Å²) in [6.45, 7) is 3.36. The summed E-state index contributed by atoms with van der Waals surface area (Å²) in [4.78, 5) is 55.0. The molecule has 0 unspecified atom stereocenters. The second kappa shape index (κ2) is 8.87. The van der Waals surface area contributed by atoms with Gasteiger partial charge in [0.25, 0.3) is 11.5 Å². The van der Waals surface area contributed by atoms with Crippen LogP contribution in [-0.2, 0) is 9.59 Å². The first kappa shape index (κ1) is 22.8. The number of nitrogens with one attached hydrogen (secondary N) is 2. The number of urea groups is 1. The van der Waals surface area contributed by atoms with Crippen molar-refractivity contribution >= 4 is 52.1 Å². The number of nitrogens with zero attached hydrogens (tertiary/aromatic N) is 3. The normalized spacial score (nSPS) is 18.0. The Labute approximate surface area is 198 Å². The molecule has 2 N–H and O–H groups in total. The topological polar surface area (TPSA) is 113 Å². The van der Waals surface area contributed by atoms with E-state index in [0.717, 1.165) is 11.8 Å². The summed E-state index contributed by atoms with van der Waals surface area (Å²) in [7, 11) is 0. The van der Waals surface area contributed by atoms with Gasteiger partial charge in [0.15, 0.2) is 5.16 Å². The fourth-order valence-corrected chi connectivity index (χ4v) is 4.35. The molecule has 4 rings (SSSR count). The van der Waals surface area contributed by atoms with Crippen LogP contribution in [0.3, 0.4) is 0 Å². The van der Waals surface area contributed by atoms with Crippen LogP contribution >= 0.6 is 23.4 Å².